The molecule has 0 bridgehead atoms. The molecule has 0 radical (unpaired) electrons. The van der Waals surface area contributed by atoms with Gasteiger partial charge in [0.05, 0.1) is 13.7 Å². The van der Waals surface area contributed by atoms with Crippen molar-refractivity contribution in [3.8, 4) is 11.5 Å². The van der Waals surface area contributed by atoms with E-state index in [0.717, 1.165) is 12.1 Å². The normalized spacial score (nSPS) is 12.4. The quantitative estimate of drug-likeness (QED) is 0.548. The third kappa shape index (κ3) is 6.44. The van der Waals surface area contributed by atoms with Crippen molar-refractivity contribution in [2.24, 2.45) is 4.99 Å². The van der Waals surface area contributed by atoms with Crippen LogP contribution in [0.4, 0.5) is 8.78 Å². The summed E-state index contributed by atoms with van der Waals surface area (Å²) in [4.78, 5) is 4.12. The monoisotopic (exact) mass is 377 g/mol. The molecule has 146 valence electrons. The molecule has 7 heteroatoms. The third-order valence-corrected chi connectivity index (χ3v) is 3.87. The molecule has 27 heavy (non-hydrogen) atoms. The average molecular weight is 377 g/mol. The summed E-state index contributed by atoms with van der Waals surface area (Å²) >= 11 is 0. The van der Waals surface area contributed by atoms with Crippen molar-refractivity contribution in [1.82, 2.24) is 10.6 Å². The fourth-order valence-electron chi connectivity index (χ4n) is 2.49. The zero-order valence-electron chi connectivity index (χ0n) is 15.8. The summed E-state index contributed by atoms with van der Waals surface area (Å²) in [5, 5.41) is 6.22. The minimum Gasteiger partial charge on any atom is -0.493 e. The highest BCUT2D eigenvalue weighted by atomic mass is 19.1. The number of rotatable bonds is 8. The molecule has 0 heterocycles. The number of aliphatic imine (C=N–C) groups is 1. The van der Waals surface area contributed by atoms with E-state index >= 15 is 0 Å². The number of hydrogen-bond acceptors (Lipinski definition) is 3. The Hall–Kier alpha value is -2.83. The smallest absolute Gasteiger partial charge is 0.191 e. The second kappa shape index (κ2) is 10.4. The maximum atomic E-state index is 13.6. The Balaban J connectivity index is 1.78. The van der Waals surface area contributed by atoms with E-state index < -0.39 is 11.6 Å². The van der Waals surface area contributed by atoms with Gasteiger partial charge in [0, 0.05) is 13.6 Å². The molecule has 0 fully saturated rings. The number of methoxy groups -OCH3 is 1. The lowest BCUT2D eigenvalue weighted by Crippen LogP contribution is -2.42. The van der Waals surface area contributed by atoms with Crippen LogP contribution >= 0.6 is 0 Å². The van der Waals surface area contributed by atoms with Crippen LogP contribution in [0.2, 0.25) is 0 Å². The van der Waals surface area contributed by atoms with E-state index in [0.29, 0.717) is 42.5 Å². The van der Waals surface area contributed by atoms with Crippen LogP contribution in [0.15, 0.2) is 47.5 Å². The maximum absolute atomic E-state index is 13.6. The van der Waals surface area contributed by atoms with Crippen LogP contribution in [0.3, 0.4) is 0 Å². The van der Waals surface area contributed by atoms with Gasteiger partial charge in [0.1, 0.15) is 17.7 Å². The standard InChI is InChI=1S/C20H25F2N3O2/c1-14(27-19-7-5-4-6-18(19)26-3)13-25-20(23-2)24-11-10-15-12-16(21)8-9-17(15)22/h4-9,12,14H,10-11,13H2,1-3H3,(H2,23,24,25). The van der Waals surface area contributed by atoms with E-state index in [1.54, 1.807) is 14.2 Å². The van der Waals surface area contributed by atoms with Gasteiger partial charge in [-0.25, -0.2) is 8.78 Å². The Bertz CT molecular complexity index is 769. The molecule has 0 spiro atoms. The summed E-state index contributed by atoms with van der Waals surface area (Å²) in [6.07, 6.45) is 0.206. The minimum atomic E-state index is -0.448. The first-order chi connectivity index (χ1) is 13.0. The number of para-hydroxylation sites is 2. The molecule has 1 unspecified atom stereocenters. The van der Waals surface area contributed by atoms with Gasteiger partial charge in [0.2, 0.25) is 0 Å². The molecule has 0 aliphatic carbocycles. The SMILES string of the molecule is CN=C(NCCc1cc(F)ccc1F)NCC(C)Oc1ccccc1OC. The molecule has 2 rings (SSSR count). The molecule has 5 nitrogen and oxygen atoms in total. The van der Waals surface area contributed by atoms with E-state index in [9.17, 15) is 8.78 Å². The van der Waals surface area contributed by atoms with E-state index in [-0.39, 0.29) is 6.10 Å². The van der Waals surface area contributed by atoms with Crippen molar-refractivity contribution in [3.63, 3.8) is 0 Å². The second-order valence-electron chi connectivity index (χ2n) is 5.94. The number of hydrogen-bond donors (Lipinski definition) is 2. The van der Waals surface area contributed by atoms with Crippen LogP contribution < -0.4 is 20.1 Å². The number of nitrogens with zero attached hydrogens (tertiary/aromatic N) is 1. The van der Waals surface area contributed by atoms with Crippen molar-refractivity contribution >= 4 is 5.96 Å². The van der Waals surface area contributed by atoms with Crippen LogP contribution in [0.25, 0.3) is 0 Å². The largest absolute Gasteiger partial charge is 0.493 e. The van der Waals surface area contributed by atoms with Crippen LogP contribution in [-0.4, -0.2) is 39.3 Å². The Morgan fingerprint density at radius 3 is 2.56 bits per heavy atom. The summed E-state index contributed by atoms with van der Waals surface area (Å²) in [5.41, 5.74) is 0.325. The van der Waals surface area contributed by atoms with Gasteiger partial charge in [0.15, 0.2) is 17.5 Å². The number of nitrogens with one attached hydrogen (secondary N) is 2. The molecular weight excluding hydrogens is 352 g/mol. The van der Waals surface area contributed by atoms with Crippen LogP contribution in [0.1, 0.15) is 12.5 Å². The number of ether oxygens (including phenoxy) is 2. The molecule has 2 aromatic carbocycles. The molecule has 1 atom stereocenters. The first-order valence-corrected chi connectivity index (χ1v) is 8.71. The summed E-state index contributed by atoms with van der Waals surface area (Å²) in [5.74, 6) is 1.03. The summed E-state index contributed by atoms with van der Waals surface area (Å²) in [6, 6.07) is 10.9. The molecule has 0 aliphatic rings. The Kier molecular flexibility index (Phi) is 7.85. The van der Waals surface area contributed by atoms with Crippen LogP contribution in [0.5, 0.6) is 11.5 Å². The molecule has 0 aliphatic heterocycles. The number of benzene rings is 2. The average Bonchev–Trinajstić information content (AvgIpc) is 2.67. The van der Waals surface area contributed by atoms with E-state index in [1.807, 2.05) is 31.2 Å². The lowest BCUT2D eigenvalue weighted by Gasteiger charge is -2.19. The fraction of sp³-hybridized carbons (Fsp3) is 0.350. The van der Waals surface area contributed by atoms with Crippen molar-refractivity contribution in [1.29, 1.82) is 0 Å². The van der Waals surface area contributed by atoms with E-state index in [4.69, 9.17) is 9.47 Å². The van der Waals surface area contributed by atoms with Gasteiger partial charge in [-0.1, -0.05) is 12.1 Å². The first kappa shape index (κ1) is 20.5. The lowest BCUT2D eigenvalue weighted by molar-refractivity contribution is 0.213. The first-order valence-electron chi connectivity index (χ1n) is 8.71. The summed E-state index contributed by atoms with van der Waals surface area (Å²) in [7, 11) is 3.24. The Morgan fingerprint density at radius 2 is 1.85 bits per heavy atom. The molecule has 0 saturated heterocycles. The molecular formula is C20H25F2N3O2. The molecule has 0 aromatic heterocycles. The van der Waals surface area contributed by atoms with Crippen molar-refractivity contribution in [3.05, 3.63) is 59.7 Å². The second-order valence-corrected chi connectivity index (χ2v) is 5.94. The summed E-state index contributed by atoms with van der Waals surface area (Å²) in [6.45, 7) is 2.85. The van der Waals surface area contributed by atoms with E-state index in [2.05, 4.69) is 15.6 Å². The van der Waals surface area contributed by atoms with Gasteiger partial charge >= 0.3 is 0 Å². The van der Waals surface area contributed by atoms with Gasteiger partial charge in [-0.05, 0) is 49.2 Å². The zero-order chi connectivity index (χ0) is 19.6. The fourth-order valence-corrected chi connectivity index (χ4v) is 2.49. The Morgan fingerprint density at radius 1 is 1.11 bits per heavy atom. The molecule has 2 N–H and O–H groups in total. The highest BCUT2D eigenvalue weighted by Crippen LogP contribution is 2.26. The van der Waals surface area contributed by atoms with Gasteiger partial charge in [-0.3, -0.25) is 4.99 Å². The summed E-state index contributed by atoms with van der Waals surface area (Å²) < 4.78 is 38.0. The van der Waals surface area contributed by atoms with Gasteiger partial charge < -0.3 is 20.1 Å². The van der Waals surface area contributed by atoms with Crippen molar-refractivity contribution < 1.29 is 18.3 Å². The van der Waals surface area contributed by atoms with Gasteiger partial charge in [-0.15, -0.1) is 0 Å². The maximum Gasteiger partial charge on any atom is 0.191 e. The van der Waals surface area contributed by atoms with Crippen LogP contribution in [-0.2, 0) is 6.42 Å². The minimum absolute atomic E-state index is 0.138. The zero-order valence-corrected chi connectivity index (χ0v) is 15.8. The predicted molar refractivity (Wildman–Crippen MR) is 103 cm³/mol. The third-order valence-electron chi connectivity index (χ3n) is 3.87. The van der Waals surface area contributed by atoms with Gasteiger partial charge in [0.25, 0.3) is 0 Å². The van der Waals surface area contributed by atoms with Gasteiger partial charge in [-0.2, -0.15) is 0 Å². The number of halogens is 2. The predicted octanol–water partition coefficient (Wildman–Crippen LogP) is 3.15. The highest BCUT2D eigenvalue weighted by Gasteiger charge is 2.10. The molecule has 0 saturated carbocycles. The lowest BCUT2D eigenvalue weighted by atomic mass is 10.1. The Labute approximate surface area is 158 Å². The van der Waals surface area contributed by atoms with Crippen molar-refractivity contribution in [2.75, 3.05) is 27.2 Å². The van der Waals surface area contributed by atoms with E-state index in [1.165, 1.54) is 6.07 Å². The van der Waals surface area contributed by atoms with Crippen molar-refractivity contribution in [2.45, 2.75) is 19.4 Å². The molecule has 2 aromatic rings. The highest BCUT2D eigenvalue weighted by molar-refractivity contribution is 5.79. The number of guanidine groups is 1. The topological polar surface area (TPSA) is 54.9 Å². The molecule has 0 amide bonds. The van der Waals surface area contributed by atoms with Crippen LogP contribution in [0, 0.1) is 11.6 Å².